The molecule has 0 saturated heterocycles. The fourth-order valence-corrected chi connectivity index (χ4v) is 1.82. The van der Waals surface area contributed by atoms with E-state index in [4.69, 9.17) is 11.6 Å². The Bertz CT molecular complexity index is 463. The van der Waals surface area contributed by atoms with Crippen molar-refractivity contribution in [3.63, 3.8) is 0 Å². The van der Waals surface area contributed by atoms with Gasteiger partial charge in [0.1, 0.15) is 5.56 Å². The van der Waals surface area contributed by atoms with Crippen LogP contribution in [0.15, 0.2) is 18.2 Å². The first kappa shape index (κ1) is 14.4. The molecule has 0 aliphatic carbocycles. The van der Waals surface area contributed by atoms with Crippen molar-refractivity contribution in [1.29, 1.82) is 0 Å². The Labute approximate surface area is 110 Å². The standard InChI is InChI=1S/C12H15ClN2O3/c1-3-4-8(2)14-12(16)10-6-5-9(13)7-11(10)15(17)18/h5-8H,3-4H2,1-2H3,(H,14,16)/t8-/m1/s1. The molecule has 6 heteroatoms. The molecule has 1 aromatic carbocycles. The van der Waals surface area contributed by atoms with E-state index in [1.165, 1.54) is 18.2 Å². The summed E-state index contributed by atoms with van der Waals surface area (Å²) in [5.74, 6) is -0.445. The van der Waals surface area contributed by atoms with Crippen molar-refractivity contribution in [3.8, 4) is 0 Å². The van der Waals surface area contributed by atoms with E-state index in [9.17, 15) is 14.9 Å². The Morgan fingerprint density at radius 3 is 2.78 bits per heavy atom. The summed E-state index contributed by atoms with van der Waals surface area (Å²) in [5, 5.41) is 13.8. The summed E-state index contributed by atoms with van der Waals surface area (Å²) in [7, 11) is 0. The number of rotatable bonds is 5. The number of hydrogen-bond donors (Lipinski definition) is 1. The number of nitro groups is 1. The van der Waals surface area contributed by atoms with E-state index in [1.807, 2.05) is 13.8 Å². The van der Waals surface area contributed by atoms with Gasteiger partial charge in [0.15, 0.2) is 0 Å². The minimum atomic E-state index is -0.606. The lowest BCUT2D eigenvalue weighted by Crippen LogP contribution is -2.32. The topological polar surface area (TPSA) is 72.2 Å². The van der Waals surface area contributed by atoms with E-state index in [0.29, 0.717) is 0 Å². The molecule has 0 aromatic heterocycles. The van der Waals surface area contributed by atoms with Crippen molar-refractivity contribution in [1.82, 2.24) is 5.32 Å². The Hall–Kier alpha value is -1.62. The molecule has 0 bridgehead atoms. The maximum atomic E-state index is 11.9. The molecule has 0 unspecified atom stereocenters. The van der Waals surface area contributed by atoms with Crippen LogP contribution in [-0.2, 0) is 0 Å². The molecule has 0 aliphatic rings. The molecule has 5 nitrogen and oxygen atoms in total. The number of benzene rings is 1. The van der Waals surface area contributed by atoms with Gasteiger partial charge in [-0.25, -0.2) is 0 Å². The molecule has 1 aromatic rings. The van der Waals surface area contributed by atoms with Crippen molar-refractivity contribution in [2.45, 2.75) is 32.7 Å². The maximum Gasteiger partial charge on any atom is 0.283 e. The lowest BCUT2D eigenvalue weighted by atomic mass is 10.1. The zero-order chi connectivity index (χ0) is 13.7. The highest BCUT2D eigenvalue weighted by molar-refractivity contribution is 6.31. The molecule has 1 atom stereocenters. The molecule has 18 heavy (non-hydrogen) atoms. The van der Waals surface area contributed by atoms with Crippen molar-refractivity contribution >= 4 is 23.2 Å². The van der Waals surface area contributed by atoms with Gasteiger partial charge >= 0.3 is 0 Å². The van der Waals surface area contributed by atoms with Crippen LogP contribution in [0.25, 0.3) is 0 Å². The Balaban J connectivity index is 2.95. The fourth-order valence-electron chi connectivity index (χ4n) is 1.65. The van der Waals surface area contributed by atoms with Gasteiger partial charge in [-0.3, -0.25) is 14.9 Å². The van der Waals surface area contributed by atoms with Gasteiger partial charge in [0, 0.05) is 17.1 Å². The number of nitrogens with zero attached hydrogens (tertiary/aromatic N) is 1. The molecule has 98 valence electrons. The summed E-state index contributed by atoms with van der Waals surface area (Å²) >= 11 is 5.68. The largest absolute Gasteiger partial charge is 0.349 e. The molecule has 0 heterocycles. The molecule has 1 N–H and O–H groups in total. The number of halogens is 1. The first-order chi connectivity index (χ1) is 8.45. The molecule has 1 amide bonds. The van der Waals surface area contributed by atoms with Crippen LogP contribution in [0.3, 0.4) is 0 Å². The minimum Gasteiger partial charge on any atom is -0.349 e. The maximum absolute atomic E-state index is 11.9. The predicted octanol–water partition coefficient (Wildman–Crippen LogP) is 3.17. The summed E-state index contributed by atoms with van der Waals surface area (Å²) in [6.45, 7) is 3.87. The number of amides is 1. The molecule has 0 spiro atoms. The van der Waals surface area contributed by atoms with Gasteiger partial charge in [0.2, 0.25) is 0 Å². The van der Waals surface area contributed by atoms with Gasteiger partial charge in [-0.2, -0.15) is 0 Å². The van der Waals surface area contributed by atoms with Gasteiger partial charge in [0.25, 0.3) is 11.6 Å². The van der Waals surface area contributed by atoms with Gasteiger partial charge in [-0.15, -0.1) is 0 Å². The second-order valence-electron chi connectivity index (χ2n) is 4.08. The van der Waals surface area contributed by atoms with E-state index in [-0.39, 0.29) is 22.3 Å². The molecule has 0 aliphatic heterocycles. The second-order valence-corrected chi connectivity index (χ2v) is 4.52. The zero-order valence-corrected chi connectivity index (χ0v) is 11.0. The third-order valence-corrected chi connectivity index (χ3v) is 2.74. The van der Waals surface area contributed by atoms with Crippen LogP contribution in [0.4, 0.5) is 5.69 Å². The summed E-state index contributed by atoms with van der Waals surface area (Å²) in [6.07, 6.45) is 1.76. The highest BCUT2D eigenvalue weighted by Gasteiger charge is 2.21. The zero-order valence-electron chi connectivity index (χ0n) is 10.3. The summed E-state index contributed by atoms with van der Waals surface area (Å²) in [4.78, 5) is 22.2. The number of nitrogens with one attached hydrogen (secondary N) is 1. The van der Waals surface area contributed by atoms with Crippen LogP contribution in [0.5, 0.6) is 0 Å². The Morgan fingerprint density at radius 2 is 2.22 bits per heavy atom. The molecule has 0 saturated carbocycles. The average molecular weight is 271 g/mol. The third kappa shape index (κ3) is 3.70. The predicted molar refractivity (Wildman–Crippen MR) is 69.9 cm³/mol. The number of carbonyl (C=O) groups excluding carboxylic acids is 1. The Kier molecular flexibility index (Phi) is 5.09. The van der Waals surface area contributed by atoms with Crippen LogP contribution in [-0.4, -0.2) is 16.9 Å². The highest BCUT2D eigenvalue weighted by atomic mass is 35.5. The van der Waals surface area contributed by atoms with Crippen LogP contribution >= 0.6 is 11.6 Å². The first-order valence-electron chi connectivity index (χ1n) is 5.70. The van der Waals surface area contributed by atoms with Crippen molar-refractivity contribution in [2.75, 3.05) is 0 Å². The van der Waals surface area contributed by atoms with Crippen LogP contribution in [0, 0.1) is 10.1 Å². The van der Waals surface area contributed by atoms with Crippen LogP contribution in [0.2, 0.25) is 5.02 Å². The fraction of sp³-hybridized carbons (Fsp3) is 0.417. The molecular weight excluding hydrogens is 256 g/mol. The van der Waals surface area contributed by atoms with E-state index in [0.717, 1.165) is 12.8 Å². The number of carbonyl (C=O) groups is 1. The minimum absolute atomic E-state index is 0.0159. The lowest BCUT2D eigenvalue weighted by molar-refractivity contribution is -0.385. The third-order valence-electron chi connectivity index (χ3n) is 2.50. The lowest BCUT2D eigenvalue weighted by Gasteiger charge is -2.12. The van der Waals surface area contributed by atoms with Gasteiger partial charge in [-0.05, 0) is 25.5 Å². The second kappa shape index (κ2) is 6.35. The van der Waals surface area contributed by atoms with Gasteiger partial charge < -0.3 is 5.32 Å². The highest BCUT2D eigenvalue weighted by Crippen LogP contribution is 2.23. The first-order valence-corrected chi connectivity index (χ1v) is 6.08. The number of nitro benzene ring substituents is 1. The van der Waals surface area contributed by atoms with E-state index in [2.05, 4.69) is 5.32 Å². The summed E-state index contributed by atoms with van der Waals surface area (Å²) in [6, 6.07) is 4.00. The molecule has 0 fully saturated rings. The average Bonchev–Trinajstić information content (AvgIpc) is 2.28. The Morgan fingerprint density at radius 1 is 1.56 bits per heavy atom. The van der Waals surface area contributed by atoms with E-state index < -0.39 is 10.8 Å². The van der Waals surface area contributed by atoms with Crippen molar-refractivity contribution < 1.29 is 9.72 Å². The molecule has 0 radical (unpaired) electrons. The van der Waals surface area contributed by atoms with E-state index in [1.54, 1.807) is 0 Å². The number of hydrogen-bond acceptors (Lipinski definition) is 3. The molecular formula is C12H15ClN2O3. The van der Waals surface area contributed by atoms with Crippen molar-refractivity contribution in [2.24, 2.45) is 0 Å². The van der Waals surface area contributed by atoms with Crippen LogP contribution in [0.1, 0.15) is 37.0 Å². The smallest absolute Gasteiger partial charge is 0.283 e. The monoisotopic (exact) mass is 270 g/mol. The van der Waals surface area contributed by atoms with Gasteiger partial charge in [-0.1, -0.05) is 24.9 Å². The normalized spacial score (nSPS) is 11.9. The van der Waals surface area contributed by atoms with Crippen LogP contribution < -0.4 is 5.32 Å². The van der Waals surface area contributed by atoms with E-state index >= 15 is 0 Å². The van der Waals surface area contributed by atoms with Gasteiger partial charge in [0.05, 0.1) is 4.92 Å². The summed E-state index contributed by atoms with van der Waals surface area (Å²) in [5.41, 5.74) is -0.240. The summed E-state index contributed by atoms with van der Waals surface area (Å²) < 4.78 is 0. The quantitative estimate of drug-likeness (QED) is 0.660. The molecule has 1 rings (SSSR count). The SMILES string of the molecule is CCC[C@@H](C)NC(=O)c1ccc(Cl)cc1[N+](=O)[O-]. The van der Waals surface area contributed by atoms with Crippen molar-refractivity contribution in [3.05, 3.63) is 38.9 Å².